The third-order valence-corrected chi connectivity index (χ3v) is 3.91. The SMILES string of the molecule is NC(=O)CC[C@@H](NC(=O)C1CC2CC2C1)C(=O)O. The lowest BCUT2D eigenvalue weighted by Crippen LogP contribution is -2.43. The molecule has 0 aliphatic heterocycles. The van der Waals surface area contributed by atoms with Gasteiger partial charge in [-0.2, -0.15) is 0 Å². The predicted molar refractivity (Wildman–Crippen MR) is 62.3 cm³/mol. The lowest BCUT2D eigenvalue weighted by atomic mass is 10.0. The van der Waals surface area contributed by atoms with Crippen molar-refractivity contribution in [2.75, 3.05) is 0 Å². The van der Waals surface area contributed by atoms with Crippen LogP contribution in [0.25, 0.3) is 0 Å². The minimum Gasteiger partial charge on any atom is -0.480 e. The summed E-state index contributed by atoms with van der Waals surface area (Å²) >= 11 is 0. The smallest absolute Gasteiger partial charge is 0.326 e. The zero-order chi connectivity index (χ0) is 13.3. The Kier molecular flexibility index (Phi) is 3.54. The number of fused-ring (bicyclic) bond motifs is 1. The van der Waals surface area contributed by atoms with E-state index in [1.807, 2.05) is 0 Å². The lowest BCUT2D eigenvalue weighted by molar-refractivity contribution is -0.142. The topological polar surface area (TPSA) is 109 Å². The summed E-state index contributed by atoms with van der Waals surface area (Å²) < 4.78 is 0. The molecule has 2 fully saturated rings. The lowest BCUT2D eigenvalue weighted by Gasteiger charge is -2.17. The molecule has 2 aliphatic rings. The Bertz CT molecular complexity index is 372. The average Bonchev–Trinajstić information content (AvgIpc) is 2.90. The molecule has 0 spiro atoms. The molecule has 18 heavy (non-hydrogen) atoms. The summed E-state index contributed by atoms with van der Waals surface area (Å²) in [5.74, 6) is -0.571. The Labute approximate surface area is 105 Å². The number of hydrogen-bond donors (Lipinski definition) is 3. The van der Waals surface area contributed by atoms with Crippen LogP contribution in [0.4, 0.5) is 0 Å². The zero-order valence-electron chi connectivity index (χ0n) is 10.1. The fourth-order valence-corrected chi connectivity index (χ4v) is 2.76. The Morgan fingerprint density at radius 2 is 1.83 bits per heavy atom. The van der Waals surface area contributed by atoms with Crippen LogP contribution < -0.4 is 11.1 Å². The number of amides is 2. The van der Waals surface area contributed by atoms with Gasteiger partial charge in [-0.3, -0.25) is 9.59 Å². The van der Waals surface area contributed by atoms with Gasteiger partial charge in [0, 0.05) is 12.3 Å². The number of hydrogen-bond acceptors (Lipinski definition) is 3. The van der Waals surface area contributed by atoms with Crippen LogP contribution in [-0.2, 0) is 14.4 Å². The molecule has 100 valence electrons. The summed E-state index contributed by atoms with van der Waals surface area (Å²) in [7, 11) is 0. The van der Waals surface area contributed by atoms with Crippen LogP contribution in [0.3, 0.4) is 0 Å². The monoisotopic (exact) mass is 254 g/mol. The highest BCUT2D eigenvalue weighted by molar-refractivity contribution is 5.85. The highest BCUT2D eigenvalue weighted by Gasteiger charge is 2.48. The highest BCUT2D eigenvalue weighted by atomic mass is 16.4. The van der Waals surface area contributed by atoms with Crippen molar-refractivity contribution in [1.82, 2.24) is 5.32 Å². The summed E-state index contributed by atoms with van der Waals surface area (Å²) in [6.07, 6.45) is 2.98. The first-order valence-corrected chi connectivity index (χ1v) is 6.29. The van der Waals surface area contributed by atoms with E-state index in [0.717, 1.165) is 12.8 Å². The maximum Gasteiger partial charge on any atom is 0.326 e. The van der Waals surface area contributed by atoms with Crippen LogP contribution in [0.1, 0.15) is 32.1 Å². The van der Waals surface area contributed by atoms with E-state index in [1.54, 1.807) is 0 Å². The maximum atomic E-state index is 11.9. The predicted octanol–water partition coefficient (Wildman–Crippen LogP) is -0.133. The van der Waals surface area contributed by atoms with E-state index >= 15 is 0 Å². The average molecular weight is 254 g/mol. The van der Waals surface area contributed by atoms with Crippen LogP contribution in [0, 0.1) is 17.8 Å². The van der Waals surface area contributed by atoms with Gasteiger partial charge in [-0.05, 0) is 37.5 Å². The van der Waals surface area contributed by atoms with Crippen molar-refractivity contribution in [3.8, 4) is 0 Å². The molecule has 0 saturated heterocycles. The molecule has 6 heteroatoms. The summed E-state index contributed by atoms with van der Waals surface area (Å²) in [5, 5.41) is 11.5. The van der Waals surface area contributed by atoms with Crippen molar-refractivity contribution in [3.63, 3.8) is 0 Å². The normalized spacial score (nSPS) is 30.3. The molecule has 0 bridgehead atoms. The van der Waals surface area contributed by atoms with E-state index in [-0.39, 0.29) is 24.7 Å². The van der Waals surface area contributed by atoms with E-state index in [2.05, 4.69) is 5.32 Å². The summed E-state index contributed by atoms with van der Waals surface area (Å²) in [6, 6.07) is -1.01. The van der Waals surface area contributed by atoms with Crippen LogP contribution in [0.15, 0.2) is 0 Å². The molecule has 2 rings (SSSR count). The van der Waals surface area contributed by atoms with Gasteiger partial charge in [-0.25, -0.2) is 4.79 Å². The Balaban J connectivity index is 1.81. The first kappa shape index (κ1) is 12.9. The quantitative estimate of drug-likeness (QED) is 0.613. The highest BCUT2D eigenvalue weighted by Crippen LogP contribution is 2.54. The van der Waals surface area contributed by atoms with Crippen molar-refractivity contribution in [1.29, 1.82) is 0 Å². The second-order valence-electron chi connectivity index (χ2n) is 5.33. The molecule has 0 aromatic heterocycles. The number of nitrogens with two attached hydrogens (primary N) is 1. The molecule has 2 aliphatic carbocycles. The van der Waals surface area contributed by atoms with Crippen molar-refractivity contribution in [2.24, 2.45) is 23.5 Å². The molecular formula is C12H18N2O4. The maximum absolute atomic E-state index is 11.9. The molecule has 3 atom stereocenters. The van der Waals surface area contributed by atoms with Crippen molar-refractivity contribution >= 4 is 17.8 Å². The third-order valence-electron chi connectivity index (χ3n) is 3.91. The minimum atomic E-state index is -1.12. The second kappa shape index (κ2) is 4.96. The number of carbonyl (C=O) groups is 3. The largest absolute Gasteiger partial charge is 0.480 e. The summed E-state index contributed by atoms with van der Waals surface area (Å²) in [6.45, 7) is 0. The Morgan fingerprint density at radius 1 is 1.22 bits per heavy atom. The molecule has 0 heterocycles. The molecule has 0 aromatic carbocycles. The van der Waals surface area contributed by atoms with Gasteiger partial charge in [0.1, 0.15) is 6.04 Å². The second-order valence-corrected chi connectivity index (χ2v) is 5.33. The van der Waals surface area contributed by atoms with E-state index < -0.39 is 17.9 Å². The Morgan fingerprint density at radius 3 is 2.33 bits per heavy atom. The van der Waals surface area contributed by atoms with Crippen LogP contribution in [0.5, 0.6) is 0 Å². The molecule has 2 unspecified atom stereocenters. The molecule has 2 amide bonds. The van der Waals surface area contributed by atoms with Crippen LogP contribution >= 0.6 is 0 Å². The molecular weight excluding hydrogens is 236 g/mol. The number of carboxylic acids is 1. The standard InChI is InChI=1S/C12H18N2O4/c13-10(15)2-1-9(12(17)18)14-11(16)8-4-6-3-7(6)5-8/h6-9H,1-5H2,(H2,13,15)(H,14,16)(H,17,18)/t6?,7?,8?,9-/m1/s1. The van der Waals surface area contributed by atoms with Crippen molar-refractivity contribution in [3.05, 3.63) is 0 Å². The number of aliphatic carboxylic acids is 1. The van der Waals surface area contributed by atoms with Gasteiger partial charge in [0.15, 0.2) is 0 Å². The van der Waals surface area contributed by atoms with Gasteiger partial charge < -0.3 is 16.2 Å². The van der Waals surface area contributed by atoms with E-state index in [0.29, 0.717) is 11.8 Å². The van der Waals surface area contributed by atoms with Gasteiger partial charge in [-0.15, -0.1) is 0 Å². The van der Waals surface area contributed by atoms with E-state index in [4.69, 9.17) is 10.8 Å². The van der Waals surface area contributed by atoms with Crippen molar-refractivity contribution < 1.29 is 19.5 Å². The fraction of sp³-hybridized carbons (Fsp3) is 0.750. The first-order valence-electron chi connectivity index (χ1n) is 6.29. The molecule has 0 radical (unpaired) electrons. The van der Waals surface area contributed by atoms with Gasteiger partial charge in [0.2, 0.25) is 11.8 Å². The number of carbonyl (C=O) groups excluding carboxylic acids is 2. The van der Waals surface area contributed by atoms with Gasteiger partial charge in [0.05, 0.1) is 0 Å². The van der Waals surface area contributed by atoms with E-state index in [9.17, 15) is 14.4 Å². The van der Waals surface area contributed by atoms with Gasteiger partial charge in [-0.1, -0.05) is 0 Å². The molecule has 6 nitrogen and oxygen atoms in total. The van der Waals surface area contributed by atoms with Crippen molar-refractivity contribution in [2.45, 2.75) is 38.1 Å². The summed E-state index contributed by atoms with van der Waals surface area (Å²) in [4.78, 5) is 33.5. The molecule has 2 saturated carbocycles. The van der Waals surface area contributed by atoms with Gasteiger partial charge in [0.25, 0.3) is 0 Å². The number of rotatable bonds is 6. The third kappa shape index (κ3) is 3.00. The van der Waals surface area contributed by atoms with Gasteiger partial charge >= 0.3 is 5.97 Å². The number of nitrogens with one attached hydrogen (secondary N) is 1. The number of carboxylic acid groups (broad SMARTS) is 1. The molecule has 0 aromatic rings. The molecule has 4 N–H and O–H groups in total. The summed E-state index contributed by atoms with van der Waals surface area (Å²) in [5.41, 5.74) is 4.97. The number of primary amides is 1. The first-order chi connectivity index (χ1) is 8.47. The van der Waals surface area contributed by atoms with Crippen LogP contribution in [-0.4, -0.2) is 28.9 Å². The Hall–Kier alpha value is -1.59. The zero-order valence-corrected chi connectivity index (χ0v) is 10.1. The minimum absolute atomic E-state index is 0.0346. The van der Waals surface area contributed by atoms with Crippen LogP contribution in [0.2, 0.25) is 0 Å². The fourth-order valence-electron chi connectivity index (χ4n) is 2.76. The van der Waals surface area contributed by atoms with E-state index in [1.165, 1.54) is 6.42 Å².